The standard InChI is InChI=1S/C27H34O3/c1-2-30-26(28)25-21-27(25,24-17-11-8-12-18-24)19-13-5-3-4-6-14-20-29-22-23-15-9-7-10-16-23/h7-13,15-19,25H,2-6,14,20-22H2,1H3/b19-13+/t25-,27-/m0/s1. The number of carbonyl (C=O) groups excluding carboxylic acids is 1. The Hall–Kier alpha value is -2.39. The van der Waals surface area contributed by atoms with Crippen molar-refractivity contribution >= 4 is 5.97 Å². The van der Waals surface area contributed by atoms with Crippen molar-refractivity contribution in [3.8, 4) is 0 Å². The van der Waals surface area contributed by atoms with Crippen LogP contribution in [0.3, 0.4) is 0 Å². The summed E-state index contributed by atoms with van der Waals surface area (Å²) in [5.41, 5.74) is 2.28. The number of benzene rings is 2. The summed E-state index contributed by atoms with van der Waals surface area (Å²) in [6, 6.07) is 20.7. The fraction of sp³-hybridized carbons (Fsp3) is 0.444. The Labute approximate surface area is 181 Å². The summed E-state index contributed by atoms with van der Waals surface area (Å²) in [6.07, 6.45) is 11.1. The highest BCUT2D eigenvalue weighted by molar-refractivity contribution is 5.80. The maximum atomic E-state index is 12.3. The number of esters is 1. The number of rotatable bonds is 13. The molecule has 0 aliphatic heterocycles. The molecule has 2 atom stereocenters. The summed E-state index contributed by atoms with van der Waals surface area (Å²) in [7, 11) is 0. The van der Waals surface area contributed by atoms with E-state index in [9.17, 15) is 4.79 Å². The molecule has 160 valence electrons. The molecule has 3 heteroatoms. The van der Waals surface area contributed by atoms with E-state index in [1.54, 1.807) is 0 Å². The number of unbranched alkanes of at least 4 members (excludes halogenated alkanes) is 4. The molecular formula is C27H34O3. The van der Waals surface area contributed by atoms with Gasteiger partial charge in [0.05, 0.1) is 19.1 Å². The molecule has 0 aromatic heterocycles. The van der Waals surface area contributed by atoms with Gasteiger partial charge in [0.1, 0.15) is 0 Å². The fourth-order valence-electron chi connectivity index (χ4n) is 4.04. The van der Waals surface area contributed by atoms with Crippen LogP contribution in [0.1, 0.15) is 56.6 Å². The quantitative estimate of drug-likeness (QED) is 0.225. The van der Waals surface area contributed by atoms with Crippen LogP contribution in [0.25, 0.3) is 0 Å². The highest BCUT2D eigenvalue weighted by atomic mass is 16.5. The normalized spacial score (nSPS) is 20.4. The maximum absolute atomic E-state index is 12.3. The lowest BCUT2D eigenvalue weighted by Crippen LogP contribution is -2.15. The van der Waals surface area contributed by atoms with E-state index in [0.717, 1.165) is 25.9 Å². The summed E-state index contributed by atoms with van der Waals surface area (Å²) in [5.74, 6) is -0.112. The topological polar surface area (TPSA) is 35.5 Å². The predicted molar refractivity (Wildman–Crippen MR) is 121 cm³/mol. The van der Waals surface area contributed by atoms with Gasteiger partial charge in [-0.05, 0) is 43.7 Å². The second-order valence-electron chi connectivity index (χ2n) is 8.06. The fourth-order valence-corrected chi connectivity index (χ4v) is 4.04. The van der Waals surface area contributed by atoms with Crippen LogP contribution < -0.4 is 0 Å². The summed E-state index contributed by atoms with van der Waals surface area (Å²) in [4.78, 5) is 12.3. The third-order valence-corrected chi connectivity index (χ3v) is 5.82. The first kappa shape index (κ1) is 22.3. The second kappa shape index (κ2) is 11.7. The minimum atomic E-state index is -0.168. The SMILES string of the molecule is CCOC(=O)[C@@H]1C[C@@]1(/C=C/CCCCCCOCc1ccccc1)c1ccccc1. The molecule has 0 heterocycles. The van der Waals surface area contributed by atoms with Crippen LogP contribution in [0.4, 0.5) is 0 Å². The zero-order valence-corrected chi connectivity index (χ0v) is 18.1. The van der Waals surface area contributed by atoms with Crippen LogP contribution in [0.2, 0.25) is 0 Å². The van der Waals surface area contributed by atoms with Crippen LogP contribution in [0.15, 0.2) is 72.8 Å². The van der Waals surface area contributed by atoms with E-state index in [4.69, 9.17) is 9.47 Å². The van der Waals surface area contributed by atoms with Gasteiger partial charge in [-0.15, -0.1) is 0 Å². The Morgan fingerprint density at radius 3 is 2.43 bits per heavy atom. The average molecular weight is 407 g/mol. The molecule has 0 saturated heterocycles. The largest absolute Gasteiger partial charge is 0.466 e. The zero-order chi connectivity index (χ0) is 21.1. The molecule has 0 spiro atoms. The first-order valence-corrected chi connectivity index (χ1v) is 11.3. The first-order chi connectivity index (χ1) is 14.8. The van der Waals surface area contributed by atoms with E-state index in [0.29, 0.717) is 13.2 Å². The van der Waals surface area contributed by atoms with Crippen LogP contribution in [-0.2, 0) is 26.3 Å². The van der Waals surface area contributed by atoms with Crippen molar-refractivity contribution in [2.24, 2.45) is 5.92 Å². The average Bonchev–Trinajstić information content (AvgIpc) is 3.52. The molecule has 2 aromatic rings. The smallest absolute Gasteiger partial charge is 0.310 e. The van der Waals surface area contributed by atoms with E-state index in [2.05, 4.69) is 36.4 Å². The number of carbonyl (C=O) groups is 1. The lowest BCUT2D eigenvalue weighted by molar-refractivity contribution is -0.145. The van der Waals surface area contributed by atoms with Gasteiger partial charge >= 0.3 is 5.97 Å². The molecule has 1 saturated carbocycles. The number of hydrogen-bond donors (Lipinski definition) is 0. The van der Waals surface area contributed by atoms with Crippen LogP contribution >= 0.6 is 0 Å². The summed E-state index contributed by atoms with van der Waals surface area (Å²) in [5, 5.41) is 0. The number of allylic oxidation sites excluding steroid dienone is 2. The van der Waals surface area contributed by atoms with Crippen LogP contribution in [0.5, 0.6) is 0 Å². The van der Waals surface area contributed by atoms with Crippen molar-refractivity contribution < 1.29 is 14.3 Å². The van der Waals surface area contributed by atoms with Crippen molar-refractivity contribution in [2.45, 2.75) is 57.5 Å². The molecular weight excluding hydrogens is 372 g/mol. The minimum Gasteiger partial charge on any atom is -0.466 e. The van der Waals surface area contributed by atoms with Crippen molar-refractivity contribution in [1.29, 1.82) is 0 Å². The van der Waals surface area contributed by atoms with Gasteiger partial charge in [-0.2, -0.15) is 0 Å². The highest BCUT2D eigenvalue weighted by Gasteiger charge is 2.58. The van der Waals surface area contributed by atoms with Gasteiger partial charge in [-0.25, -0.2) is 0 Å². The number of ether oxygens (including phenoxy) is 2. The lowest BCUT2D eigenvalue weighted by Gasteiger charge is -2.13. The second-order valence-corrected chi connectivity index (χ2v) is 8.06. The molecule has 0 N–H and O–H groups in total. The van der Waals surface area contributed by atoms with Gasteiger partial charge in [0, 0.05) is 12.0 Å². The third-order valence-electron chi connectivity index (χ3n) is 5.82. The lowest BCUT2D eigenvalue weighted by atomic mass is 9.92. The van der Waals surface area contributed by atoms with E-state index in [1.807, 2.05) is 43.3 Å². The van der Waals surface area contributed by atoms with Crippen LogP contribution in [-0.4, -0.2) is 19.2 Å². The first-order valence-electron chi connectivity index (χ1n) is 11.3. The highest BCUT2D eigenvalue weighted by Crippen LogP contribution is 2.56. The molecule has 30 heavy (non-hydrogen) atoms. The van der Waals surface area contributed by atoms with Gasteiger partial charge in [-0.1, -0.05) is 85.7 Å². The van der Waals surface area contributed by atoms with Gasteiger partial charge in [0.15, 0.2) is 0 Å². The van der Waals surface area contributed by atoms with Gasteiger partial charge in [0.2, 0.25) is 0 Å². The van der Waals surface area contributed by atoms with Crippen molar-refractivity contribution in [2.75, 3.05) is 13.2 Å². The Bertz CT molecular complexity index is 784. The van der Waals surface area contributed by atoms with Gasteiger partial charge < -0.3 is 9.47 Å². The molecule has 1 fully saturated rings. The van der Waals surface area contributed by atoms with Crippen molar-refractivity contribution in [3.63, 3.8) is 0 Å². The van der Waals surface area contributed by atoms with Crippen molar-refractivity contribution in [3.05, 3.63) is 83.9 Å². The molecule has 2 aromatic carbocycles. The summed E-state index contributed by atoms with van der Waals surface area (Å²) in [6.45, 7) is 3.84. The van der Waals surface area contributed by atoms with E-state index < -0.39 is 0 Å². The Balaban J connectivity index is 1.34. The van der Waals surface area contributed by atoms with Crippen molar-refractivity contribution in [1.82, 2.24) is 0 Å². The number of hydrogen-bond acceptors (Lipinski definition) is 3. The molecule has 3 rings (SSSR count). The summed E-state index contributed by atoms with van der Waals surface area (Å²) >= 11 is 0. The van der Waals surface area contributed by atoms with E-state index >= 15 is 0 Å². The van der Waals surface area contributed by atoms with Gasteiger partial charge in [0.25, 0.3) is 0 Å². The molecule has 3 nitrogen and oxygen atoms in total. The zero-order valence-electron chi connectivity index (χ0n) is 18.1. The molecule has 0 unspecified atom stereocenters. The van der Waals surface area contributed by atoms with Gasteiger partial charge in [-0.3, -0.25) is 4.79 Å². The Morgan fingerprint density at radius 1 is 1.00 bits per heavy atom. The monoisotopic (exact) mass is 406 g/mol. The maximum Gasteiger partial charge on any atom is 0.310 e. The molecule has 0 radical (unpaired) electrons. The third kappa shape index (κ3) is 6.30. The van der Waals surface area contributed by atoms with E-state index in [1.165, 1.54) is 30.4 Å². The summed E-state index contributed by atoms with van der Waals surface area (Å²) < 4.78 is 11.0. The molecule has 0 bridgehead atoms. The molecule has 1 aliphatic carbocycles. The van der Waals surface area contributed by atoms with E-state index in [-0.39, 0.29) is 17.3 Å². The predicted octanol–water partition coefficient (Wildman–Crippen LogP) is 6.23. The van der Waals surface area contributed by atoms with Crippen LogP contribution in [0, 0.1) is 5.92 Å². The molecule has 0 amide bonds. The Morgan fingerprint density at radius 2 is 1.70 bits per heavy atom. The Kier molecular flexibility index (Phi) is 8.70. The molecule has 1 aliphatic rings. The minimum absolute atomic E-state index is 0.0436.